The van der Waals surface area contributed by atoms with Crippen LogP contribution < -0.4 is 4.74 Å². The Hall–Kier alpha value is -3.08. The molecule has 122 valence electrons. The fourth-order valence-electron chi connectivity index (χ4n) is 2.22. The molecule has 0 aliphatic rings. The second-order valence-electron chi connectivity index (χ2n) is 5.23. The predicted molar refractivity (Wildman–Crippen MR) is 88.4 cm³/mol. The Morgan fingerprint density at radius 2 is 1.83 bits per heavy atom. The molecule has 0 saturated carbocycles. The summed E-state index contributed by atoms with van der Waals surface area (Å²) in [4.78, 5) is 11.2. The molecule has 0 aliphatic heterocycles. The molecule has 0 aliphatic carbocycles. The molecule has 0 saturated heterocycles. The Morgan fingerprint density at radius 3 is 2.54 bits per heavy atom. The lowest BCUT2D eigenvalue weighted by atomic mass is 10.1. The van der Waals surface area contributed by atoms with Crippen molar-refractivity contribution in [2.45, 2.75) is 13.0 Å². The molecule has 3 rings (SSSR count). The first-order valence-corrected chi connectivity index (χ1v) is 7.54. The lowest BCUT2D eigenvalue weighted by molar-refractivity contribution is -0.139. The van der Waals surface area contributed by atoms with E-state index in [-0.39, 0.29) is 12.4 Å². The summed E-state index contributed by atoms with van der Waals surface area (Å²) < 4.78 is 15.7. The van der Waals surface area contributed by atoms with Gasteiger partial charge in [0, 0.05) is 11.6 Å². The molecule has 0 fully saturated rings. The van der Waals surface area contributed by atoms with Gasteiger partial charge in [0.1, 0.15) is 18.1 Å². The summed E-state index contributed by atoms with van der Waals surface area (Å²) in [5.74, 6) is 1.15. The van der Waals surface area contributed by atoms with Crippen LogP contribution in [-0.4, -0.2) is 18.2 Å². The number of ether oxygens (including phenoxy) is 2. The van der Waals surface area contributed by atoms with Gasteiger partial charge in [-0.15, -0.1) is 0 Å². The number of benzene rings is 2. The minimum Gasteiger partial charge on any atom is -0.487 e. The summed E-state index contributed by atoms with van der Waals surface area (Å²) in [6.07, 6.45) is 0.250. The van der Waals surface area contributed by atoms with E-state index in [1.54, 1.807) is 0 Å². The molecule has 1 heterocycles. The van der Waals surface area contributed by atoms with Crippen LogP contribution in [0, 0.1) is 0 Å². The monoisotopic (exact) mass is 323 g/mol. The molecule has 0 unspecified atom stereocenters. The fraction of sp³-hybridized carbons (Fsp3) is 0.158. The third-order valence-electron chi connectivity index (χ3n) is 3.50. The molecule has 1 aromatic heterocycles. The number of nitrogens with zero attached hydrogens (tertiary/aromatic N) is 1. The average Bonchev–Trinajstić information content (AvgIpc) is 3.11. The molecule has 5 nitrogen and oxygen atoms in total. The van der Waals surface area contributed by atoms with Crippen molar-refractivity contribution in [1.82, 2.24) is 5.16 Å². The van der Waals surface area contributed by atoms with E-state index in [1.165, 1.54) is 7.11 Å². The van der Waals surface area contributed by atoms with Crippen molar-refractivity contribution in [2.75, 3.05) is 7.11 Å². The second-order valence-corrected chi connectivity index (χ2v) is 5.23. The van der Waals surface area contributed by atoms with E-state index in [9.17, 15) is 4.79 Å². The van der Waals surface area contributed by atoms with Crippen LogP contribution in [0.3, 0.4) is 0 Å². The van der Waals surface area contributed by atoms with E-state index in [0.717, 1.165) is 11.1 Å². The van der Waals surface area contributed by atoms with Gasteiger partial charge in [0.25, 0.3) is 0 Å². The molecule has 0 N–H and O–H groups in total. The minimum absolute atomic E-state index is 0.250. The van der Waals surface area contributed by atoms with E-state index in [1.807, 2.05) is 60.7 Å². The van der Waals surface area contributed by atoms with Crippen LogP contribution in [0.25, 0.3) is 11.3 Å². The van der Waals surface area contributed by atoms with Gasteiger partial charge in [0.15, 0.2) is 5.76 Å². The summed E-state index contributed by atoms with van der Waals surface area (Å²) in [7, 11) is 1.38. The van der Waals surface area contributed by atoms with Gasteiger partial charge in [-0.2, -0.15) is 0 Å². The van der Waals surface area contributed by atoms with Gasteiger partial charge in [-0.1, -0.05) is 47.6 Å². The topological polar surface area (TPSA) is 61.6 Å². The van der Waals surface area contributed by atoms with Crippen molar-refractivity contribution in [1.29, 1.82) is 0 Å². The van der Waals surface area contributed by atoms with Crippen LogP contribution >= 0.6 is 0 Å². The first kappa shape index (κ1) is 15.8. The maximum atomic E-state index is 11.2. The highest BCUT2D eigenvalue weighted by Gasteiger charge is 2.07. The highest BCUT2D eigenvalue weighted by molar-refractivity contribution is 5.72. The van der Waals surface area contributed by atoms with E-state index in [4.69, 9.17) is 9.26 Å². The van der Waals surface area contributed by atoms with Crippen LogP contribution in [-0.2, 0) is 22.6 Å². The number of carbonyl (C=O) groups excluding carboxylic acids is 1. The molecular formula is C19H17NO4. The molecule has 0 atom stereocenters. The number of rotatable bonds is 6. The third-order valence-corrected chi connectivity index (χ3v) is 3.50. The Bertz CT molecular complexity index is 794. The van der Waals surface area contributed by atoms with Gasteiger partial charge in [0.05, 0.1) is 13.5 Å². The number of hydrogen-bond acceptors (Lipinski definition) is 5. The zero-order chi connectivity index (χ0) is 16.8. The quantitative estimate of drug-likeness (QED) is 0.648. The van der Waals surface area contributed by atoms with Gasteiger partial charge in [0.2, 0.25) is 0 Å². The molecule has 24 heavy (non-hydrogen) atoms. The highest BCUT2D eigenvalue weighted by Crippen LogP contribution is 2.21. The van der Waals surface area contributed by atoms with Gasteiger partial charge in [-0.25, -0.2) is 0 Å². The van der Waals surface area contributed by atoms with Crippen LogP contribution in [0.5, 0.6) is 5.75 Å². The Labute approximate surface area is 139 Å². The highest BCUT2D eigenvalue weighted by atomic mass is 16.5. The van der Waals surface area contributed by atoms with Crippen LogP contribution in [0.2, 0.25) is 0 Å². The summed E-state index contributed by atoms with van der Waals surface area (Å²) in [6.45, 7) is 0.312. The van der Waals surface area contributed by atoms with Crippen molar-refractivity contribution in [3.05, 3.63) is 71.9 Å². The number of aromatic nitrogens is 1. The smallest absolute Gasteiger partial charge is 0.309 e. The second kappa shape index (κ2) is 7.46. The largest absolute Gasteiger partial charge is 0.487 e. The van der Waals surface area contributed by atoms with E-state index in [0.29, 0.717) is 23.8 Å². The molecule has 0 radical (unpaired) electrons. The Balaban J connectivity index is 1.58. The number of carbonyl (C=O) groups is 1. The number of methoxy groups -OCH3 is 1. The predicted octanol–water partition coefficient (Wildman–Crippen LogP) is 3.64. The normalized spacial score (nSPS) is 10.4. The van der Waals surface area contributed by atoms with E-state index >= 15 is 0 Å². The van der Waals surface area contributed by atoms with Crippen LogP contribution in [0.15, 0.2) is 65.2 Å². The van der Waals surface area contributed by atoms with Crippen molar-refractivity contribution in [3.63, 3.8) is 0 Å². The summed E-state index contributed by atoms with van der Waals surface area (Å²) in [5.41, 5.74) is 2.57. The fourth-order valence-corrected chi connectivity index (χ4v) is 2.22. The minimum atomic E-state index is -0.264. The van der Waals surface area contributed by atoms with Gasteiger partial charge in [-0.05, 0) is 17.7 Å². The summed E-state index contributed by atoms with van der Waals surface area (Å²) in [5, 5.41) is 4.01. The molecule has 0 spiro atoms. The zero-order valence-electron chi connectivity index (χ0n) is 13.3. The lowest BCUT2D eigenvalue weighted by Crippen LogP contribution is -2.04. The SMILES string of the molecule is COC(=O)Cc1ccc(OCc2cc(-c3ccccc3)on2)cc1. The van der Waals surface area contributed by atoms with Crippen molar-refractivity contribution >= 4 is 5.97 Å². The summed E-state index contributed by atoms with van der Waals surface area (Å²) >= 11 is 0. The number of esters is 1. The van der Waals surface area contributed by atoms with Gasteiger partial charge < -0.3 is 14.0 Å². The van der Waals surface area contributed by atoms with Crippen molar-refractivity contribution in [3.8, 4) is 17.1 Å². The average molecular weight is 323 g/mol. The van der Waals surface area contributed by atoms with Crippen molar-refractivity contribution in [2.24, 2.45) is 0 Å². The first-order valence-electron chi connectivity index (χ1n) is 7.54. The molecule has 2 aromatic carbocycles. The molecule has 0 amide bonds. The standard InChI is InChI=1S/C19H17NO4/c1-22-19(21)11-14-7-9-17(10-8-14)23-13-16-12-18(24-20-16)15-5-3-2-4-6-15/h2-10,12H,11,13H2,1H3. The number of hydrogen-bond donors (Lipinski definition) is 0. The summed E-state index contributed by atoms with van der Waals surface area (Å²) in [6, 6.07) is 18.9. The Kier molecular flexibility index (Phi) is 4.91. The molecule has 0 bridgehead atoms. The molecule has 5 heteroatoms. The van der Waals surface area contributed by atoms with Gasteiger partial charge in [-0.3, -0.25) is 4.79 Å². The zero-order valence-corrected chi connectivity index (χ0v) is 13.3. The van der Waals surface area contributed by atoms with Crippen molar-refractivity contribution < 1.29 is 18.8 Å². The third kappa shape index (κ3) is 4.01. The first-order chi connectivity index (χ1) is 11.7. The molecular weight excluding hydrogens is 306 g/mol. The maximum Gasteiger partial charge on any atom is 0.309 e. The maximum absolute atomic E-state index is 11.2. The molecule has 3 aromatic rings. The van der Waals surface area contributed by atoms with Crippen LogP contribution in [0.1, 0.15) is 11.3 Å². The van der Waals surface area contributed by atoms with Gasteiger partial charge >= 0.3 is 5.97 Å². The van der Waals surface area contributed by atoms with E-state index in [2.05, 4.69) is 9.89 Å². The van der Waals surface area contributed by atoms with E-state index < -0.39 is 0 Å². The lowest BCUT2D eigenvalue weighted by Gasteiger charge is -2.05. The Morgan fingerprint density at radius 1 is 1.08 bits per heavy atom. The van der Waals surface area contributed by atoms with Crippen LogP contribution in [0.4, 0.5) is 0 Å².